The van der Waals surface area contributed by atoms with Crippen molar-refractivity contribution in [2.24, 2.45) is 0 Å². The van der Waals surface area contributed by atoms with Gasteiger partial charge in [-0.05, 0) is 31.9 Å². The van der Waals surface area contributed by atoms with Gasteiger partial charge in [0.25, 0.3) is 0 Å². The number of pyridine rings is 1. The molecule has 0 fully saturated rings. The number of carboxylic acids is 1. The molecule has 2 heterocycles. The fourth-order valence-electron chi connectivity index (χ4n) is 2.32. The van der Waals surface area contributed by atoms with Crippen molar-refractivity contribution in [2.75, 3.05) is 0 Å². The third-order valence-corrected chi connectivity index (χ3v) is 3.51. The number of imidazole rings is 1. The predicted molar refractivity (Wildman–Crippen MR) is 78.2 cm³/mol. The van der Waals surface area contributed by atoms with Crippen molar-refractivity contribution in [3.63, 3.8) is 0 Å². The first-order valence-corrected chi connectivity index (χ1v) is 6.89. The highest BCUT2D eigenvalue weighted by Gasteiger charge is 2.19. The van der Waals surface area contributed by atoms with Gasteiger partial charge in [-0.25, -0.2) is 9.78 Å². The number of nitrogens with one attached hydrogen (secondary N) is 1. The first kappa shape index (κ1) is 15.0. The summed E-state index contributed by atoms with van der Waals surface area (Å²) in [5.41, 5.74) is 3.42. The predicted octanol–water partition coefficient (Wildman–Crippen LogP) is 1.47. The summed E-state index contributed by atoms with van der Waals surface area (Å²) < 4.78 is 1.88. The average Bonchev–Trinajstić information content (AvgIpc) is 2.74. The molecule has 0 radical (unpaired) electrons. The van der Waals surface area contributed by atoms with Gasteiger partial charge in [0.1, 0.15) is 11.7 Å². The zero-order valence-electron chi connectivity index (χ0n) is 12.4. The first-order chi connectivity index (χ1) is 9.93. The monoisotopic (exact) mass is 289 g/mol. The summed E-state index contributed by atoms with van der Waals surface area (Å²) in [7, 11) is 0. The van der Waals surface area contributed by atoms with E-state index in [0.717, 1.165) is 22.6 Å². The van der Waals surface area contributed by atoms with E-state index in [2.05, 4.69) is 10.3 Å². The number of aromatic nitrogens is 2. The fourth-order valence-corrected chi connectivity index (χ4v) is 2.32. The second kappa shape index (κ2) is 5.95. The maximum Gasteiger partial charge on any atom is 0.326 e. The molecule has 6 heteroatoms. The topological polar surface area (TPSA) is 83.7 Å². The number of rotatable bonds is 5. The molecule has 2 rings (SSSR count). The maximum absolute atomic E-state index is 12.0. The van der Waals surface area contributed by atoms with Crippen molar-refractivity contribution in [1.82, 2.24) is 14.7 Å². The van der Waals surface area contributed by atoms with Crippen LogP contribution in [-0.4, -0.2) is 32.4 Å². The number of aliphatic carboxylic acids is 1. The minimum absolute atomic E-state index is 0.111. The Labute approximate surface area is 122 Å². The Morgan fingerprint density at radius 3 is 2.76 bits per heavy atom. The molecule has 21 heavy (non-hydrogen) atoms. The van der Waals surface area contributed by atoms with Crippen LogP contribution in [0.3, 0.4) is 0 Å². The van der Waals surface area contributed by atoms with E-state index in [0.29, 0.717) is 6.42 Å². The lowest BCUT2D eigenvalue weighted by Gasteiger charge is -2.12. The number of hydrogen-bond donors (Lipinski definition) is 2. The molecule has 2 N–H and O–H groups in total. The minimum atomic E-state index is -1.02. The Bertz CT molecular complexity index is 691. The van der Waals surface area contributed by atoms with Gasteiger partial charge in [0, 0.05) is 6.20 Å². The van der Waals surface area contributed by atoms with Crippen LogP contribution in [-0.2, 0) is 16.0 Å². The molecule has 0 spiro atoms. The smallest absolute Gasteiger partial charge is 0.326 e. The van der Waals surface area contributed by atoms with Gasteiger partial charge in [-0.3, -0.25) is 4.79 Å². The van der Waals surface area contributed by atoms with E-state index in [1.54, 1.807) is 6.92 Å². The van der Waals surface area contributed by atoms with Crippen molar-refractivity contribution in [2.45, 2.75) is 39.7 Å². The fraction of sp³-hybridized carbons (Fsp3) is 0.400. The van der Waals surface area contributed by atoms with Gasteiger partial charge in [0.2, 0.25) is 5.91 Å². The Morgan fingerprint density at radius 2 is 2.14 bits per heavy atom. The molecule has 1 amide bonds. The normalized spacial score (nSPS) is 12.3. The van der Waals surface area contributed by atoms with Gasteiger partial charge in [-0.2, -0.15) is 0 Å². The van der Waals surface area contributed by atoms with E-state index in [9.17, 15) is 9.59 Å². The summed E-state index contributed by atoms with van der Waals surface area (Å²) in [5.74, 6) is -1.33. The summed E-state index contributed by atoms with van der Waals surface area (Å²) in [6.07, 6.45) is 2.33. The highest BCUT2D eigenvalue weighted by molar-refractivity contribution is 5.84. The third-order valence-electron chi connectivity index (χ3n) is 3.51. The van der Waals surface area contributed by atoms with E-state index >= 15 is 0 Å². The van der Waals surface area contributed by atoms with Crippen LogP contribution in [0.1, 0.15) is 30.3 Å². The van der Waals surface area contributed by atoms with E-state index in [1.165, 1.54) is 0 Å². The number of carbonyl (C=O) groups is 2. The lowest BCUT2D eigenvalue weighted by molar-refractivity contribution is -0.141. The highest BCUT2D eigenvalue weighted by atomic mass is 16.4. The van der Waals surface area contributed by atoms with Gasteiger partial charge in [0.05, 0.1) is 17.8 Å². The number of amides is 1. The van der Waals surface area contributed by atoms with Crippen molar-refractivity contribution >= 4 is 17.5 Å². The van der Waals surface area contributed by atoms with E-state index in [-0.39, 0.29) is 12.3 Å². The molecule has 0 aliphatic rings. The molecule has 0 saturated carbocycles. The SMILES string of the molecule is CCC(NC(=O)Cc1c(C)nc2c(C)cccn12)C(=O)O. The van der Waals surface area contributed by atoms with Gasteiger partial charge >= 0.3 is 5.97 Å². The Hall–Kier alpha value is -2.37. The third kappa shape index (κ3) is 3.04. The van der Waals surface area contributed by atoms with Crippen LogP contribution < -0.4 is 5.32 Å². The molecular formula is C15H19N3O3. The van der Waals surface area contributed by atoms with E-state index in [4.69, 9.17) is 5.11 Å². The quantitative estimate of drug-likeness (QED) is 0.873. The summed E-state index contributed by atoms with van der Waals surface area (Å²) >= 11 is 0. The summed E-state index contributed by atoms with van der Waals surface area (Å²) in [6, 6.07) is 3.01. The molecule has 2 aromatic heterocycles. The Balaban J connectivity index is 2.24. The highest BCUT2D eigenvalue weighted by Crippen LogP contribution is 2.15. The van der Waals surface area contributed by atoms with E-state index in [1.807, 2.05) is 36.6 Å². The Kier molecular flexibility index (Phi) is 4.26. The molecule has 112 valence electrons. The molecule has 0 aliphatic carbocycles. The van der Waals surface area contributed by atoms with Crippen molar-refractivity contribution in [1.29, 1.82) is 0 Å². The minimum Gasteiger partial charge on any atom is -0.480 e. The van der Waals surface area contributed by atoms with Crippen LogP contribution in [0.25, 0.3) is 5.65 Å². The molecule has 2 aromatic rings. The zero-order valence-corrected chi connectivity index (χ0v) is 12.4. The van der Waals surface area contributed by atoms with Crippen LogP contribution in [0.2, 0.25) is 0 Å². The van der Waals surface area contributed by atoms with Crippen LogP contribution in [0.4, 0.5) is 0 Å². The van der Waals surface area contributed by atoms with Gasteiger partial charge in [-0.1, -0.05) is 13.0 Å². The molecule has 6 nitrogen and oxygen atoms in total. The van der Waals surface area contributed by atoms with E-state index < -0.39 is 12.0 Å². The molecular weight excluding hydrogens is 270 g/mol. The van der Waals surface area contributed by atoms with Crippen molar-refractivity contribution in [3.8, 4) is 0 Å². The lowest BCUT2D eigenvalue weighted by Crippen LogP contribution is -2.41. The largest absolute Gasteiger partial charge is 0.480 e. The zero-order chi connectivity index (χ0) is 15.6. The second-order valence-electron chi connectivity index (χ2n) is 5.07. The second-order valence-corrected chi connectivity index (χ2v) is 5.07. The summed E-state index contributed by atoms with van der Waals surface area (Å²) in [6.45, 7) is 5.54. The van der Waals surface area contributed by atoms with Gasteiger partial charge in [0.15, 0.2) is 0 Å². The molecule has 1 unspecified atom stereocenters. The number of hydrogen-bond acceptors (Lipinski definition) is 3. The van der Waals surface area contributed by atoms with Gasteiger partial charge in [-0.15, -0.1) is 0 Å². The van der Waals surface area contributed by atoms with Crippen LogP contribution in [0, 0.1) is 13.8 Å². The van der Waals surface area contributed by atoms with Crippen molar-refractivity contribution < 1.29 is 14.7 Å². The lowest BCUT2D eigenvalue weighted by atomic mass is 10.2. The first-order valence-electron chi connectivity index (χ1n) is 6.89. The number of carboxylic acid groups (broad SMARTS) is 1. The van der Waals surface area contributed by atoms with Crippen LogP contribution in [0.15, 0.2) is 18.3 Å². The van der Waals surface area contributed by atoms with Crippen LogP contribution in [0.5, 0.6) is 0 Å². The summed E-state index contributed by atoms with van der Waals surface area (Å²) in [5, 5.41) is 11.5. The number of nitrogens with zero attached hydrogens (tertiary/aromatic N) is 2. The number of aryl methyl sites for hydroxylation is 2. The molecule has 0 aliphatic heterocycles. The molecule has 1 atom stereocenters. The average molecular weight is 289 g/mol. The Morgan fingerprint density at radius 1 is 1.43 bits per heavy atom. The van der Waals surface area contributed by atoms with Crippen LogP contribution >= 0.6 is 0 Å². The molecule has 0 aromatic carbocycles. The van der Waals surface area contributed by atoms with Gasteiger partial charge < -0.3 is 14.8 Å². The summed E-state index contributed by atoms with van der Waals surface area (Å²) in [4.78, 5) is 27.5. The van der Waals surface area contributed by atoms with Crippen molar-refractivity contribution in [3.05, 3.63) is 35.3 Å². The molecule has 0 saturated heterocycles. The number of fused-ring (bicyclic) bond motifs is 1. The molecule has 0 bridgehead atoms. The standard InChI is InChI=1S/C15H19N3O3/c1-4-11(15(20)21)17-13(19)8-12-10(3)16-14-9(2)6-5-7-18(12)14/h5-7,11H,4,8H2,1-3H3,(H,17,19)(H,20,21). The maximum atomic E-state index is 12.0. The number of carbonyl (C=O) groups excluding carboxylic acids is 1.